The van der Waals surface area contributed by atoms with Gasteiger partial charge in [0.25, 0.3) is 36.0 Å². The molecule has 0 amide bonds. The van der Waals surface area contributed by atoms with E-state index in [4.69, 9.17) is 9.47 Å². The zero-order valence-electron chi connectivity index (χ0n) is 34.1. The molecule has 6 rings (SSSR count). The van der Waals surface area contributed by atoms with E-state index >= 15 is 0 Å². The number of non-ortho nitro benzene ring substituents is 1. The molecule has 5 aromatic carbocycles. The third-order valence-electron chi connectivity index (χ3n) is 9.01. The number of aromatic hydroxyl groups is 2. The Kier molecular flexibility index (Phi) is 14.2. The summed E-state index contributed by atoms with van der Waals surface area (Å²) >= 11 is 0. The Morgan fingerprint density at radius 3 is 1.81 bits per heavy atom. The third kappa shape index (κ3) is 10.9. The van der Waals surface area contributed by atoms with Crippen molar-refractivity contribution in [3.05, 3.63) is 94.2 Å². The summed E-state index contributed by atoms with van der Waals surface area (Å²) in [6.45, 7) is -0.503. The van der Waals surface area contributed by atoms with Gasteiger partial charge < -0.3 is 35.0 Å². The lowest BCUT2D eigenvalue weighted by Gasteiger charge is -2.13. The summed E-state index contributed by atoms with van der Waals surface area (Å²) in [5.41, 5.74) is -3.99. The summed E-state index contributed by atoms with van der Waals surface area (Å²) in [6.07, 6.45) is 0. The number of azo groups is 3. The number of ether oxygens (including phenoxy) is 2. The Balaban J connectivity index is 1.41. The number of phenols is 1. The quantitative estimate of drug-likeness (QED) is 0.0209. The van der Waals surface area contributed by atoms with Crippen LogP contribution in [0.15, 0.2) is 118 Å². The SMILES string of the molecule is Cc1nn(-c2ccc3c(O)c(/N=N/c4cc(OCCO)c(/N=N/c5ccc(S(=O)(=O)O)cc5C(=O)O)cc4OCCO)c(S(=O)(=O)O)cc3c2)c(O)c1/N=N/c1ccc([N+](=O)[O-])cc1S(=O)(=O)O. The molecule has 0 spiro atoms. The molecule has 0 saturated heterocycles. The molecule has 0 aliphatic heterocycles. The lowest BCUT2D eigenvalue weighted by Crippen LogP contribution is -2.04. The van der Waals surface area contributed by atoms with Crippen molar-refractivity contribution in [3.8, 4) is 28.8 Å². The molecule has 8 N–H and O–H groups in total. The Hall–Kier alpha value is -7.91. The predicted octanol–water partition coefficient (Wildman–Crippen LogP) is 6.08. The molecule has 31 heteroatoms. The number of nitrogens with zero attached hydrogens (tertiary/aromatic N) is 9. The van der Waals surface area contributed by atoms with Crippen LogP contribution in [0.25, 0.3) is 16.5 Å². The van der Waals surface area contributed by atoms with Crippen molar-refractivity contribution in [2.24, 2.45) is 30.7 Å². The third-order valence-corrected chi connectivity index (χ3v) is 11.6. The first-order chi connectivity index (χ1) is 31.9. The highest BCUT2D eigenvalue weighted by Crippen LogP contribution is 2.46. The highest BCUT2D eigenvalue weighted by Gasteiger charge is 2.26. The number of nitro groups is 1. The second kappa shape index (κ2) is 19.5. The first kappa shape index (κ1) is 49.5. The van der Waals surface area contributed by atoms with Gasteiger partial charge in [0.2, 0.25) is 5.88 Å². The van der Waals surface area contributed by atoms with Crippen LogP contribution in [0.4, 0.5) is 39.8 Å². The molecule has 28 nitrogen and oxygen atoms in total. The van der Waals surface area contributed by atoms with Gasteiger partial charge in [0.15, 0.2) is 11.4 Å². The van der Waals surface area contributed by atoms with E-state index in [-0.39, 0.29) is 69.6 Å². The van der Waals surface area contributed by atoms with E-state index in [0.29, 0.717) is 12.1 Å². The molecule has 1 heterocycles. The van der Waals surface area contributed by atoms with E-state index in [1.54, 1.807) is 0 Å². The number of aliphatic hydroxyl groups is 2. The molecule has 0 fully saturated rings. The lowest BCUT2D eigenvalue weighted by atomic mass is 10.1. The van der Waals surface area contributed by atoms with Crippen molar-refractivity contribution < 1.29 is 83.6 Å². The summed E-state index contributed by atoms with van der Waals surface area (Å²) in [5.74, 6) is -3.70. The zero-order chi connectivity index (χ0) is 49.9. The van der Waals surface area contributed by atoms with Crippen molar-refractivity contribution in [2.45, 2.75) is 21.6 Å². The number of carboxylic acids is 1. The number of carboxylic acid groups (broad SMARTS) is 1. The predicted molar refractivity (Wildman–Crippen MR) is 229 cm³/mol. The van der Waals surface area contributed by atoms with Crippen LogP contribution in [-0.2, 0) is 30.4 Å². The molecule has 0 radical (unpaired) electrons. The van der Waals surface area contributed by atoms with Gasteiger partial charge in [-0.2, -0.15) is 35.0 Å². The van der Waals surface area contributed by atoms with E-state index in [2.05, 4.69) is 35.8 Å². The van der Waals surface area contributed by atoms with Gasteiger partial charge in [-0.15, -0.1) is 30.7 Å². The molecular formula is C37H31N9O19S3. The number of nitro benzene ring substituents is 1. The number of hydrogen-bond donors (Lipinski definition) is 8. The zero-order valence-corrected chi connectivity index (χ0v) is 36.5. The Labute approximate surface area is 380 Å². The molecule has 0 atom stereocenters. The maximum atomic E-state index is 12.8. The average Bonchev–Trinajstić information content (AvgIpc) is 3.56. The number of phenolic OH excluding ortho intramolecular Hbond substituents is 1. The number of hydrogen-bond acceptors (Lipinski definition) is 22. The van der Waals surface area contributed by atoms with Crippen LogP contribution >= 0.6 is 0 Å². The fraction of sp³-hybridized carbons (Fsp3) is 0.135. The van der Waals surface area contributed by atoms with E-state index in [1.165, 1.54) is 25.1 Å². The standard InChI is InChI=1S/C37H31N9O19S3/c1-18-33(42-39-26-6-3-21(46(53)54)14-31(26)67(58,59)60)36(50)45(44-18)20-2-5-23-19(12-20)13-32(68(61,62)63)34(35(23)49)43-41-28-17-29(64-10-8-47)27(16-30(28)65-11-9-48)40-38-25-7-4-22(66(55,56)57)15-24(25)37(51)52/h2-7,12-17,47-50H,8-11H2,1H3,(H,51,52)(H,55,56,57)(H,58,59,60)(H,61,62,63)/b40-38+,42-39+,43-41+. The summed E-state index contributed by atoms with van der Waals surface area (Å²) in [4.78, 5) is 19.4. The summed E-state index contributed by atoms with van der Waals surface area (Å²) in [5, 5.41) is 89.5. The molecular weight excluding hydrogens is 971 g/mol. The van der Waals surface area contributed by atoms with E-state index < -0.39 is 103 Å². The molecule has 0 aliphatic carbocycles. The van der Waals surface area contributed by atoms with Crippen molar-refractivity contribution in [3.63, 3.8) is 0 Å². The molecule has 6 aromatic rings. The van der Waals surface area contributed by atoms with Gasteiger partial charge in [0.1, 0.15) is 62.9 Å². The van der Waals surface area contributed by atoms with Crippen LogP contribution < -0.4 is 9.47 Å². The number of aromatic nitrogens is 2. The van der Waals surface area contributed by atoms with E-state index in [1.807, 2.05) is 0 Å². The number of rotatable bonds is 18. The summed E-state index contributed by atoms with van der Waals surface area (Å²) in [6, 6.07) is 11.6. The van der Waals surface area contributed by atoms with Crippen molar-refractivity contribution in [2.75, 3.05) is 26.4 Å². The molecule has 0 bridgehead atoms. The van der Waals surface area contributed by atoms with Crippen LogP contribution in [0.2, 0.25) is 0 Å². The number of aliphatic hydroxyl groups excluding tert-OH is 2. The minimum atomic E-state index is -5.25. The maximum absolute atomic E-state index is 12.8. The van der Waals surface area contributed by atoms with Gasteiger partial charge in [-0.05, 0) is 60.8 Å². The van der Waals surface area contributed by atoms with Crippen LogP contribution in [0, 0.1) is 17.0 Å². The minimum absolute atomic E-state index is 0.00352. The second-order valence-electron chi connectivity index (χ2n) is 13.5. The molecule has 0 unspecified atom stereocenters. The van der Waals surface area contributed by atoms with Gasteiger partial charge >= 0.3 is 5.97 Å². The minimum Gasteiger partial charge on any atom is -0.505 e. The Bertz CT molecular complexity index is 3470. The van der Waals surface area contributed by atoms with Crippen molar-refractivity contribution in [1.82, 2.24) is 9.78 Å². The number of aromatic carboxylic acids is 1. The van der Waals surface area contributed by atoms with Gasteiger partial charge in [0.05, 0.1) is 40.0 Å². The average molecular weight is 1000 g/mol. The van der Waals surface area contributed by atoms with Gasteiger partial charge in [-0.25, -0.2) is 4.79 Å². The highest BCUT2D eigenvalue weighted by molar-refractivity contribution is 7.86. The monoisotopic (exact) mass is 1000 g/mol. The number of benzene rings is 5. The van der Waals surface area contributed by atoms with Gasteiger partial charge in [-0.1, -0.05) is 0 Å². The molecule has 0 saturated carbocycles. The molecule has 356 valence electrons. The number of carbonyl (C=O) groups is 1. The highest BCUT2D eigenvalue weighted by atomic mass is 32.2. The van der Waals surface area contributed by atoms with E-state index in [0.717, 1.165) is 47.1 Å². The number of fused-ring (bicyclic) bond motifs is 1. The second-order valence-corrected chi connectivity index (χ2v) is 17.7. The van der Waals surface area contributed by atoms with Crippen LogP contribution in [0.5, 0.6) is 23.1 Å². The van der Waals surface area contributed by atoms with Crippen LogP contribution in [-0.4, -0.2) is 112 Å². The molecule has 1 aromatic heterocycles. The molecule has 0 aliphatic rings. The number of aryl methyl sites for hydroxylation is 1. The smallest absolute Gasteiger partial charge is 0.338 e. The maximum Gasteiger partial charge on any atom is 0.338 e. The normalized spacial score (nSPS) is 12.4. The topological polar surface area (TPSA) is 435 Å². The van der Waals surface area contributed by atoms with E-state index in [9.17, 15) is 79.4 Å². The lowest BCUT2D eigenvalue weighted by molar-refractivity contribution is -0.385. The summed E-state index contributed by atoms with van der Waals surface area (Å²) in [7, 11) is -15.1. The van der Waals surface area contributed by atoms with Gasteiger partial charge in [-0.3, -0.25) is 23.8 Å². The Morgan fingerprint density at radius 2 is 1.25 bits per heavy atom. The largest absolute Gasteiger partial charge is 0.505 e. The van der Waals surface area contributed by atoms with Crippen LogP contribution in [0.3, 0.4) is 0 Å². The van der Waals surface area contributed by atoms with Crippen molar-refractivity contribution in [1.29, 1.82) is 0 Å². The Morgan fingerprint density at radius 1 is 0.691 bits per heavy atom. The summed E-state index contributed by atoms with van der Waals surface area (Å²) < 4.78 is 114. The first-order valence-electron chi connectivity index (χ1n) is 18.5. The fourth-order valence-electron chi connectivity index (χ4n) is 5.96. The fourth-order valence-corrected chi connectivity index (χ4v) is 7.77. The molecule has 68 heavy (non-hydrogen) atoms. The van der Waals surface area contributed by atoms with Crippen molar-refractivity contribution >= 4 is 86.9 Å². The van der Waals surface area contributed by atoms with Crippen LogP contribution in [0.1, 0.15) is 16.1 Å². The van der Waals surface area contributed by atoms with Gasteiger partial charge in [0, 0.05) is 29.7 Å². The first-order valence-corrected chi connectivity index (χ1v) is 22.8.